The molecular weight excluding hydrogens is 256 g/mol. The van der Waals surface area contributed by atoms with Gasteiger partial charge in [-0.05, 0) is 12.1 Å². The highest BCUT2D eigenvalue weighted by Crippen LogP contribution is 2.25. The Balaban J connectivity index is 2.47. The van der Waals surface area contributed by atoms with E-state index < -0.39 is 9.84 Å². The van der Waals surface area contributed by atoms with Crippen LogP contribution in [0.2, 0.25) is 0 Å². The van der Waals surface area contributed by atoms with Gasteiger partial charge in [0.1, 0.15) is 10.9 Å². The number of sulfone groups is 1. The molecule has 0 unspecified atom stereocenters. The summed E-state index contributed by atoms with van der Waals surface area (Å²) in [5.74, 6) is 0. The fraction of sp³-hybridized carbons (Fsp3) is 0.0909. The fourth-order valence-electron chi connectivity index (χ4n) is 1.39. The Morgan fingerprint density at radius 1 is 1.29 bits per heavy atom. The van der Waals surface area contributed by atoms with Gasteiger partial charge in [0.05, 0.1) is 16.1 Å². The number of benzene rings is 1. The van der Waals surface area contributed by atoms with Crippen molar-refractivity contribution in [2.24, 2.45) is 0 Å². The minimum absolute atomic E-state index is 0.259. The van der Waals surface area contributed by atoms with Crippen molar-refractivity contribution >= 4 is 21.2 Å². The molecule has 86 valence electrons. The van der Waals surface area contributed by atoms with Crippen LogP contribution in [-0.2, 0) is 9.84 Å². The first-order chi connectivity index (χ1) is 8.02. The van der Waals surface area contributed by atoms with Gasteiger partial charge in [0.15, 0.2) is 9.84 Å². The second kappa shape index (κ2) is 4.28. The molecule has 0 fully saturated rings. The Labute approximate surface area is 103 Å². The summed E-state index contributed by atoms with van der Waals surface area (Å²) in [5.41, 5.74) is 2.94. The summed E-state index contributed by atoms with van der Waals surface area (Å²) in [5, 5.41) is 8.88. The van der Waals surface area contributed by atoms with E-state index in [1.165, 1.54) is 23.5 Å². The molecule has 0 aliphatic heterocycles. The molecule has 0 radical (unpaired) electrons. The number of rotatable bonds is 2. The van der Waals surface area contributed by atoms with Gasteiger partial charge in [-0.15, -0.1) is 11.3 Å². The largest absolute Gasteiger partial charge is 0.243 e. The van der Waals surface area contributed by atoms with Crippen molar-refractivity contribution in [3.8, 4) is 17.3 Å². The summed E-state index contributed by atoms with van der Waals surface area (Å²) in [6, 6.07) is 8.41. The molecule has 0 saturated heterocycles. The second-order valence-electron chi connectivity index (χ2n) is 3.44. The SMILES string of the molecule is CS(=O)(=O)c1ccc(-c2ncsc2C#N)cc1. The maximum Gasteiger partial charge on any atom is 0.175 e. The van der Waals surface area contributed by atoms with Crippen molar-refractivity contribution in [1.29, 1.82) is 5.26 Å². The number of hydrogen-bond donors (Lipinski definition) is 0. The Morgan fingerprint density at radius 2 is 1.94 bits per heavy atom. The summed E-state index contributed by atoms with van der Waals surface area (Å²) in [6.45, 7) is 0. The quantitative estimate of drug-likeness (QED) is 0.832. The molecule has 2 aromatic rings. The molecule has 0 atom stereocenters. The van der Waals surface area contributed by atoms with Crippen molar-refractivity contribution in [2.45, 2.75) is 4.90 Å². The Bertz CT molecular complexity index is 679. The van der Waals surface area contributed by atoms with Crippen LogP contribution in [0.15, 0.2) is 34.7 Å². The zero-order chi connectivity index (χ0) is 12.5. The molecule has 0 N–H and O–H groups in total. The van der Waals surface area contributed by atoms with Crippen molar-refractivity contribution in [1.82, 2.24) is 4.98 Å². The van der Waals surface area contributed by atoms with E-state index in [4.69, 9.17) is 5.26 Å². The van der Waals surface area contributed by atoms with Gasteiger partial charge in [0.2, 0.25) is 0 Å². The van der Waals surface area contributed by atoms with Crippen molar-refractivity contribution < 1.29 is 8.42 Å². The highest BCUT2D eigenvalue weighted by molar-refractivity contribution is 7.90. The van der Waals surface area contributed by atoms with Crippen LogP contribution >= 0.6 is 11.3 Å². The smallest absolute Gasteiger partial charge is 0.175 e. The number of nitriles is 1. The van der Waals surface area contributed by atoms with E-state index in [9.17, 15) is 8.42 Å². The van der Waals surface area contributed by atoms with Crippen LogP contribution in [0.25, 0.3) is 11.3 Å². The lowest BCUT2D eigenvalue weighted by atomic mass is 10.1. The lowest BCUT2D eigenvalue weighted by molar-refractivity contribution is 0.602. The average Bonchev–Trinajstić information content (AvgIpc) is 2.76. The first-order valence-electron chi connectivity index (χ1n) is 4.66. The van der Waals surface area contributed by atoms with Gasteiger partial charge in [0, 0.05) is 11.8 Å². The number of aromatic nitrogens is 1. The van der Waals surface area contributed by atoms with E-state index >= 15 is 0 Å². The first kappa shape index (κ1) is 11.8. The molecule has 0 amide bonds. The van der Waals surface area contributed by atoms with Crippen molar-refractivity contribution in [2.75, 3.05) is 6.26 Å². The molecule has 0 aliphatic rings. The Hall–Kier alpha value is -1.71. The summed E-state index contributed by atoms with van der Waals surface area (Å²) in [7, 11) is -3.19. The Kier molecular flexibility index (Phi) is 2.96. The van der Waals surface area contributed by atoms with E-state index in [2.05, 4.69) is 11.1 Å². The standard InChI is InChI=1S/C11H8N2O2S2/c1-17(14,15)9-4-2-8(3-5-9)11-10(6-12)16-7-13-11/h2-5,7H,1H3. The van der Waals surface area contributed by atoms with Gasteiger partial charge < -0.3 is 0 Å². The average molecular weight is 264 g/mol. The molecule has 0 aliphatic carbocycles. The zero-order valence-electron chi connectivity index (χ0n) is 8.91. The minimum atomic E-state index is -3.19. The van der Waals surface area contributed by atoms with Gasteiger partial charge in [-0.2, -0.15) is 5.26 Å². The first-order valence-corrected chi connectivity index (χ1v) is 7.43. The topological polar surface area (TPSA) is 70.8 Å². The van der Waals surface area contributed by atoms with Crippen LogP contribution < -0.4 is 0 Å². The molecule has 6 heteroatoms. The highest BCUT2D eigenvalue weighted by Gasteiger charge is 2.10. The fourth-order valence-corrected chi connectivity index (χ4v) is 2.62. The number of thiazole rings is 1. The van der Waals surface area contributed by atoms with Gasteiger partial charge in [-0.1, -0.05) is 12.1 Å². The molecular formula is C11H8N2O2S2. The predicted molar refractivity (Wildman–Crippen MR) is 65.4 cm³/mol. The van der Waals surface area contributed by atoms with Crippen LogP contribution in [0, 0.1) is 11.3 Å². The van der Waals surface area contributed by atoms with Crippen LogP contribution in [0.5, 0.6) is 0 Å². The van der Waals surface area contributed by atoms with Crippen molar-refractivity contribution in [3.05, 3.63) is 34.7 Å². The maximum atomic E-state index is 11.3. The summed E-state index contributed by atoms with van der Waals surface area (Å²) >= 11 is 1.26. The van der Waals surface area contributed by atoms with Crippen LogP contribution in [0.3, 0.4) is 0 Å². The zero-order valence-corrected chi connectivity index (χ0v) is 10.5. The normalized spacial score (nSPS) is 11.1. The van der Waals surface area contributed by atoms with Gasteiger partial charge in [0.25, 0.3) is 0 Å². The molecule has 1 aromatic carbocycles. The van der Waals surface area contributed by atoms with E-state index in [0.717, 1.165) is 11.8 Å². The lowest BCUT2D eigenvalue weighted by Crippen LogP contribution is -1.96. The third-order valence-corrected chi connectivity index (χ3v) is 4.08. The summed E-state index contributed by atoms with van der Waals surface area (Å²) < 4.78 is 22.6. The molecule has 1 aromatic heterocycles. The molecule has 4 nitrogen and oxygen atoms in total. The van der Waals surface area contributed by atoms with Crippen LogP contribution in [-0.4, -0.2) is 19.7 Å². The molecule has 0 saturated carbocycles. The monoisotopic (exact) mass is 264 g/mol. The Morgan fingerprint density at radius 3 is 2.47 bits per heavy atom. The minimum Gasteiger partial charge on any atom is -0.243 e. The summed E-state index contributed by atoms with van der Waals surface area (Å²) in [6.07, 6.45) is 1.16. The second-order valence-corrected chi connectivity index (χ2v) is 6.31. The molecule has 0 bridgehead atoms. The van der Waals surface area contributed by atoms with Crippen LogP contribution in [0.4, 0.5) is 0 Å². The van der Waals surface area contributed by atoms with Crippen LogP contribution in [0.1, 0.15) is 4.88 Å². The van der Waals surface area contributed by atoms with Gasteiger partial charge in [-0.25, -0.2) is 13.4 Å². The van der Waals surface area contributed by atoms with E-state index in [-0.39, 0.29) is 4.90 Å². The summed E-state index contributed by atoms with van der Waals surface area (Å²) in [4.78, 5) is 4.88. The van der Waals surface area contributed by atoms with E-state index in [0.29, 0.717) is 10.6 Å². The van der Waals surface area contributed by atoms with Gasteiger partial charge >= 0.3 is 0 Å². The van der Waals surface area contributed by atoms with E-state index in [1.54, 1.807) is 17.6 Å². The predicted octanol–water partition coefficient (Wildman–Crippen LogP) is 2.09. The highest BCUT2D eigenvalue weighted by atomic mass is 32.2. The lowest BCUT2D eigenvalue weighted by Gasteiger charge is -2.00. The molecule has 0 spiro atoms. The molecule has 17 heavy (non-hydrogen) atoms. The third-order valence-electron chi connectivity index (χ3n) is 2.22. The molecule has 2 rings (SSSR count). The van der Waals surface area contributed by atoms with Gasteiger partial charge in [-0.3, -0.25) is 0 Å². The maximum absolute atomic E-state index is 11.3. The number of hydrogen-bond acceptors (Lipinski definition) is 5. The van der Waals surface area contributed by atoms with E-state index in [1.807, 2.05) is 0 Å². The number of nitrogens with zero attached hydrogens (tertiary/aromatic N) is 2. The third kappa shape index (κ3) is 2.35. The van der Waals surface area contributed by atoms with Crippen molar-refractivity contribution in [3.63, 3.8) is 0 Å². The molecule has 1 heterocycles.